The van der Waals surface area contributed by atoms with E-state index < -0.39 is 0 Å². The minimum absolute atomic E-state index is 0.885. The van der Waals surface area contributed by atoms with E-state index >= 15 is 0 Å². The van der Waals surface area contributed by atoms with Gasteiger partial charge in [0.25, 0.3) is 0 Å². The van der Waals surface area contributed by atoms with E-state index in [0.29, 0.717) is 0 Å². The minimum atomic E-state index is 0.885. The zero-order chi connectivity index (χ0) is 14.4. The van der Waals surface area contributed by atoms with E-state index in [2.05, 4.69) is 0 Å². The first kappa shape index (κ1) is 14.1. The third kappa shape index (κ3) is 2.15. The molecule has 2 atom stereocenters. The predicted molar refractivity (Wildman–Crippen MR) is 98.4 cm³/mol. The Morgan fingerprint density at radius 2 is 0.636 bits per heavy atom. The summed E-state index contributed by atoms with van der Waals surface area (Å²) in [6.45, 7) is 0. The van der Waals surface area contributed by atoms with Crippen LogP contribution in [0.5, 0.6) is 0 Å². The molecule has 0 N–H and O–H groups in total. The van der Waals surface area contributed by atoms with Crippen LogP contribution in [0.15, 0.2) is 0 Å². The smallest absolute Gasteiger partial charge is 0.00773 e. The quantitative estimate of drug-likeness (QED) is 0.539. The fourth-order valence-corrected chi connectivity index (χ4v) is 15.1. The molecule has 8 fully saturated rings. The number of hydrogen-bond acceptors (Lipinski definition) is 0. The van der Waals surface area contributed by atoms with Gasteiger partial charge in [0, 0.05) is 0 Å². The molecule has 0 nitrogen and oxygen atoms in total. The molecule has 8 aliphatic rings. The molecule has 8 saturated carbocycles. The van der Waals surface area contributed by atoms with Crippen LogP contribution in [0.2, 0.25) is 0 Å². The van der Waals surface area contributed by atoms with Gasteiger partial charge < -0.3 is 0 Å². The van der Waals surface area contributed by atoms with Crippen LogP contribution < -0.4 is 0 Å². The lowest BCUT2D eigenvalue weighted by Gasteiger charge is -2.60. The highest BCUT2D eigenvalue weighted by Crippen LogP contribution is 2.73. The minimum Gasteiger partial charge on any atom is -0.0923 e. The molecule has 0 amide bonds. The van der Waals surface area contributed by atoms with E-state index in [1.165, 1.54) is 52.0 Å². The molecule has 8 aliphatic carbocycles. The molecular formula is C20H32P2. The summed E-state index contributed by atoms with van der Waals surface area (Å²) in [6.07, 6.45) is 19.8. The van der Waals surface area contributed by atoms with Crippen LogP contribution in [0, 0.1) is 35.5 Å². The maximum Gasteiger partial charge on any atom is -0.00773 e. The summed E-state index contributed by atoms with van der Waals surface area (Å²) in [5.74, 6) is 7.00. The van der Waals surface area contributed by atoms with Crippen molar-refractivity contribution < 1.29 is 0 Å². The molecule has 0 aromatic heterocycles. The van der Waals surface area contributed by atoms with E-state index in [0.717, 1.165) is 10.3 Å². The van der Waals surface area contributed by atoms with E-state index in [1.807, 2.05) is 0 Å². The third-order valence-electron chi connectivity index (χ3n) is 8.67. The van der Waals surface area contributed by atoms with Crippen molar-refractivity contribution in [2.45, 2.75) is 87.4 Å². The Balaban J connectivity index is 1.20. The Labute approximate surface area is 139 Å². The lowest BCUT2D eigenvalue weighted by molar-refractivity contribution is 0.0350. The molecule has 8 bridgehead atoms. The second kappa shape index (κ2) is 4.73. The molecule has 0 spiro atoms. The molecule has 8 rings (SSSR count). The van der Waals surface area contributed by atoms with Gasteiger partial charge in [-0.3, -0.25) is 0 Å². The maximum atomic E-state index is 1.66. The lowest BCUT2D eigenvalue weighted by Crippen LogP contribution is -2.49. The molecule has 0 aromatic rings. The zero-order valence-corrected chi connectivity index (χ0v) is 15.9. The third-order valence-corrected chi connectivity index (χ3v) is 14.6. The Bertz CT molecular complexity index is 368. The fourth-order valence-electron chi connectivity index (χ4n) is 8.79. The van der Waals surface area contributed by atoms with Gasteiger partial charge in [-0.15, -0.1) is 0 Å². The summed E-state index contributed by atoms with van der Waals surface area (Å²) in [5.41, 5.74) is 0. The van der Waals surface area contributed by atoms with Crippen molar-refractivity contribution in [3.05, 3.63) is 0 Å². The first-order valence-electron chi connectivity index (χ1n) is 10.2. The molecule has 2 unspecified atom stereocenters. The van der Waals surface area contributed by atoms with Crippen molar-refractivity contribution >= 4 is 16.5 Å². The SMILES string of the molecule is C1C2CC3CC1CC(PPC14CC5CC(CC(C5)C1)C4)(C2)C3. The Kier molecular flexibility index (Phi) is 3.02. The van der Waals surface area contributed by atoms with Crippen LogP contribution >= 0.6 is 16.5 Å². The first-order valence-corrected chi connectivity index (χ1v) is 13.2. The van der Waals surface area contributed by atoms with Gasteiger partial charge in [0.05, 0.1) is 0 Å². The van der Waals surface area contributed by atoms with Gasteiger partial charge in [-0.2, -0.15) is 0 Å². The van der Waals surface area contributed by atoms with Crippen LogP contribution in [-0.2, 0) is 0 Å². The largest absolute Gasteiger partial charge is 0.0923 e. The summed E-state index contributed by atoms with van der Waals surface area (Å²) >= 11 is 0. The monoisotopic (exact) mass is 334 g/mol. The Morgan fingerprint density at radius 3 is 0.864 bits per heavy atom. The Hall–Kier alpha value is 0.860. The van der Waals surface area contributed by atoms with Crippen molar-refractivity contribution in [1.82, 2.24) is 0 Å². The summed E-state index contributed by atoms with van der Waals surface area (Å²) in [5, 5.41) is 1.77. The highest BCUT2D eigenvalue weighted by atomic mass is 32.0. The van der Waals surface area contributed by atoms with Crippen molar-refractivity contribution in [3.63, 3.8) is 0 Å². The van der Waals surface area contributed by atoms with Gasteiger partial charge in [0.15, 0.2) is 0 Å². The predicted octanol–water partition coefficient (Wildman–Crippen LogP) is 6.20. The second-order valence-electron chi connectivity index (χ2n) is 10.6. The van der Waals surface area contributed by atoms with Gasteiger partial charge >= 0.3 is 0 Å². The average molecular weight is 334 g/mol. The Morgan fingerprint density at radius 1 is 0.409 bits per heavy atom. The maximum absolute atomic E-state index is 1.66. The summed E-state index contributed by atoms with van der Waals surface area (Å²) < 4.78 is 0. The van der Waals surface area contributed by atoms with Crippen LogP contribution in [0.25, 0.3) is 0 Å². The van der Waals surface area contributed by atoms with E-state index in [1.54, 1.807) is 77.0 Å². The molecule has 2 heteroatoms. The van der Waals surface area contributed by atoms with Crippen LogP contribution in [0.4, 0.5) is 0 Å². The van der Waals surface area contributed by atoms with E-state index in [9.17, 15) is 0 Å². The second-order valence-corrected chi connectivity index (χ2v) is 14.8. The summed E-state index contributed by atoms with van der Waals surface area (Å²) in [4.78, 5) is 0. The number of hydrogen-bond donors (Lipinski definition) is 0. The molecule has 122 valence electrons. The van der Waals surface area contributed by atoms with Crippen LogP contribution in [0.3, 0.4) is 0 Å². The molecule has 0 aliphatic heterocycles. The molecule has 0 saturated heterocycles. The highest BCUT2D eigenvalue weighted by Gasteiger charge is 2.54. The topological polar surface area (TPSA) is 0 Å². The standard InChI is InChI=1S/C20H32P2/c1-13-2-15-3-14(1)8-19(7-13,9-15)21-22-20-10-16-4-17(11-20)6-18(5-16)12-20/h13-18,21-22H,1-12H2. The van der Waals surface area contributed by atoms with Crippen molar-refractivity contribution in [3.8, 4) is 0 Å². The zero-order valence-electron chi connectivity index (χ0n) is 13.9. The van der Waals surface area contributed by atoms with Gasteiger partial charge in [0.2, 0.25) is 0 Å². The normalized spacial score (nSPS) is 62.2. The summed E-state index contributed by atoms with van der Waals surface area (Å²) in [7, 11) is 2.75. The van der Waals surface area contributed by atoms with Crippen molar-refractivity contribution in [1.29, 1.82) is 0 Å². The van der Waals surface area contributed by atoms with Crippen molar-refractivity contribution in [2.75, 3.05) is 0 Å². The van der Waals surface area contributed by atoms with Gasteiger partial charge in [-0.25, -0.2) is 0 Å². The average Bonchev–Trinajstić information content (AvgIpc) is 2.42. The van der Waals surface area contributed by atoms with E-state index in [4.69, 9.17) is 0 Å². The molecule has 0 heterocycles. The summed E-state index contributed by atoms with van der Waals surface area (Å²) in [6, 6.07) is 0. The molecule has 0 aromatic carbocycles. The number of rotatable bonds is 3. The fraction of sp³-hybridized carbons (Fsp3) is 1.00. The van der Waals surface area contributed by atoms with Gasteiger partial charge in [0.1, 0.15) is 0 Å². The van der Waals surface area contributed by atoms with E-state index in [-0.39, 0.29) is 0 Å². The van der Waals surface area contributed by atoms with Crippen LogP contribution in [0.1, 0.15) is 77.0 Å². The lowest BCUT2D eigenvalue weighted by atomic mass is 9.56. The van der Waals surface area contributed by atoms with Gasteiger partial charge in [-0.1, -0.05) is 16.5 Å². The molecule has 22 heavy (non-hydrogen) atoms. The van der Waals surface area contributed by atoms with Crippen LogP contribution in [-0.4, -0.2) is 10.3 Å². The van der Waals surface area contributed by atoms with Gasteiger partial charge in [-0.05, 0) is 123 Å². The van der Waals surface area contributed by atoms with Crippen molar-refractivity contribution in [2.24, 2.45) is 35.5 Å². The highest BCUT2D eigenvalue weighted by molar-refractivity contribution is 8.13. The molecular weight excluding hydrogens is 302 g/mol. The first-order chi connectivity index (χ1) is 10.7. The molecule has 0 radical (unpaired) electrons.